The first-order valence-corrected chi connectivity index (χ1v) is 13.8. The highest BCUT2D eigenvalue weighted by Gasteiger charge is 2.28. The van der Waals surface area contributed by atoms with Gasteiger partial charge in [-0.25, -0.2) is 0 Å². The number of aliphatic hydroxyl groups is 1. The number of likely N-dealkylation sites (tertiary alicyclic amines) is 1. The Kier molecular flexibility index (Phi) is 18.9. The molecule has 0 saturated carbocycles. The smallest absolute Gasteiger partial charge is 0.310 e. The van der Waals surface area contributed by atoms with E-state index >= 15 is 0 Å². The molecule has 0 aromatic carbocycles. The zero-order chi connectivity index (χ0) is 24.9. The number of hydrogen-bond acceptors (Lipinski definition) is 6. The Morgan fingerprint density at radius 1 is 0.912 bits per heavy atom. The van der Waals surface area contributed by atoms with Crippen molar-refractivity contribution in [3.8, 4) is 0 Å². The summed E-state index contributed by atoms with van der Waals surface area (Å²) in [4.78, 5) is 26.1. The average molecular weight is 482 g/mol. The lowest BCUT2D eigenvalue weighted by Gasteiger charge is -2.16. The van der Waals surface area contributed by atoms with E-state index in [-0.39, 0.29) is 43.6 Å². The molecule has 1 heterocycles. The molecule has 34 heavy (non-hydrogen) atoms. The summed E-state index contributed by atoms with van der Waals surface area (Å²) in [5.74, 6) is -0.906. The SMILES string of the molecule is CCCCCCCC/C=C\CCCCCCCC(=O)OCC(CO)COC(=O)C1CCN(C)C1. The standard InChI is InChI=1S/C28H51NO5/c1-3-4-5-6-7-8-9-10-11-12-13-14-15-16-17-18-27(31)33-23-25(22-30)24-34-28(32)26-19-20-29(2)21-26/h10-11,25-26,30H,3-9,12-24H2,1-2H3/b11-10-. The van der Waals surface area contributed by atoms with Gasteiger partial charge in [-0.15, -0.1) is 0 Å². The van der Waals surface area contributed by atoms with E-state index in [2.05, 4.69) is 24.0 Å². The Labute approximate surface area is 208 Å². The molecule has 2 atom stereocenters. The summed E-state index contributed by atoms with van der Waals surface area (Å²) in [7, 11) is 1.99. The van der Waals surface area contributed by atoms with E-state index in [4.69, 9.17) is 9.47 Å². The van der Waals surface area contributed by atoms with Crippen LogP contribution in [0, 0.1) is 11.8 Å². The molecule has 1 saturated heterocycles. The van der Waals surface area contributed by atoms with Gasteiger partial charge in [0.1, 0.15) is 0 Å². The fourth-order valence-corrected chi connectivity index (χ4v) is 4.22. The van der Waals surface area contributed by atoms with Crippen molar-refractivity contribution < 1.29 is 24.2 Å². The molecule has 6 nitrogen and oxygen atoms in total. The van der Waals surface area contributed by atoms with E-state index in [0.29, 0.717) is 13.0 Å². The van der Waals surface area contributed by atoms with Crippen molar-refractivity contribution in [2.24, 2.45) is 11.8 Å². The largest absolute Gasteiger partial charge is 0.465 e. The number of carbonyl (C=O) groups excluding carboxylic acids is 2. The number of nitrogens with zero attached hydrogens (tertiary/aromatic N) is 1. The number of esters is 2. The van der Waals surface area contributed by atoms with Crippen molar-refractivity contribution in [2.75, 3.05) is 40.0 Å². The second-order valence-electron chi connectivity index (χ2n) is 9.94. The van der Waals surface area contributed by atoms with Crippen molar-refractivity contribution in [3.63, 3.8) is 0 Å². The summed E-state index contributed by atoms with van der Waals surface area (Å²) in [6.45, 7) is 3.89. The molecule has 0 aliphatic carbocycles. The monoisotopic (exact) mass is 481 g/mol. The van der Waals surface area contributed by atoms with Crippen LogP contribution >= 0.6 is 0 Å². The highest BCUT2D eigenvalue weighted by atomic mass is 16.5. The van der Waals surface area contributed by atoms with Gasteiger partial charge in [-0.1, -0.05) is 70.4 Å². The molecule has 1 rings (SSSR count). The zero-order valence-corrected chi connectivity index (χ0v) is 22.0. The molecule has 0 bridgehead atoms. The van der Waals surface area contributed by atoms with Gasteiger partial charge in [0.2, 0.25) is 0 Å². The van der Waals surface area contributed by atoms with Crippen LogP contribution in [0.1, 0.15) is 103 Å². The maximum absolute atomic E-state index is 12.1. The average Bonchev–Trinajstić information content (AvgIpc) is 3.27. The van der Waals surface area contributed by atoms with E-state index in [1.165, 1.54) is 57.8 Å². The molecule has 1 fully saturated rings. The Morgan fingerprint density at radius 3 is 2.09 bits per heavy atom. The van der Waals surface area contributed by atoms with Crippen molar-refractivity contribution >= 4 is 11.9 Å². The predicted molar refractivity (Wildman–Crippen MR) is 138 cm³/mol. The third-order valence-electron chi connectivity index (χ3n) is 6.57. The van der Waals surface area contributed by atoms with Gasteiger partial charge in [-0.05, 0) is 52.1 Å². The molecule has 198 valence electrons. The second kappa shape index (κ2) is 20.9. The first kappa shape index (κ1) is 30.6. The molecule has 0 aromatic heterocycles. The normalized spacial score (nSPS) is 17.3. The van der Waals surface area contributed by atoms with E-state index in [0.717, 1.165) is 38.6 Å². The van der Waals surface area contributed by atoms with Crippen LogP contribution in [-0.4, -0.2) is 61.9 Å². The van der Waals surface area contributed by atoms with Crippen molar-refractivity contribution in [1.82, 2.24) is 4.90 Å². The van der Waals surface area contributed by atoms with Crippen molar-refractivity contribution in [1.29, 1.82) is 0 Å². The van der Waals surface area contributed by atoms with Crippen LogP contribution in [0.15, 0.2) is 12.2 Å². The summed E-state index contributed by atoms with van der Waals surface area (Å²) in [6, 6.07) is 0. The number of unbranched alkanes of at least 4 members (excludes halogenated alkanes) is 11. The predicted octanol–water partition coefficient (Wildman–Crippen LogP) is 5.67. The number of hydrogen-bond donors (Lipinski definition) is 1. The van der Waals surface area contributed by atoms with Gasteiger partial charge in [0, 0.05) is 13.0 Å². The minimum atomic E-state index is -0.360. The number of rotatable bonds is 21. The summed E-state index contributed by atoms with van der Waals surface area (Å²) < 4.78 is 10.6. The molecule has 0 radical (unpaired) electrons. The van der Waals surface area contributed by atoms with E-state index in [9.17, 15) is 14.7 Å². The molecule has 1 aliphatic rings. The topological polar surface area (TPSA) is 76.1 Å². The highest BCUT2D eigenvalue weighted by Crippen LogP contribution is 2.16. The van der Waals surface area contributed by atoms with Gasteiger partial charge in [0.15, 0.2) is 0 Å². The van der Waals surface area contributed by atoms with Crippen LogP contribution < -0.4 is 0 Å². The summed E-state index contributed by atoms with van der Waals surface area (Å²) in [6.07, 6.45) is 21.8. The van der Waals surface area contributed by atoms with Crippen LogP contribution in [0.2, 0.25) is 0 Å². The van der Waals surface area contributed by atoms with Crippen molar-refractivity contribution in [2.45, 2.75) is 103 Å². The lowest BCUT2D eigenvalue weighted by Crippen LogP contribution is -2.27. The van der Waals surface area contributed by atoms with Crippen LogP contribution in [0.5, 0.6) is 0 Å². The van der Waals surface area contributed by atoms with E-state index in [1.54, 1.807) is 0 Å². The van der Waals surface area contributed by atoms with Gasteiger partial charge in [0.25, 0.3) is 0 Å². The number of aliphatic hydroxyl groups excluding tert-OH is 1. The van der Waals surface area contributed by atoms with Crippen LogP contribution in [0.4, 0.5) is 0 Å². The molecular formula is C28H51NO5. The van der Waals surface area contributed by atoms with Gasteiger partial charge < -0.3 is 19.5 Å². The fourth-order valence-electron chi connectivity index (χ4n) is 4.22. The number of allylic oxidation sites excluding steroid dienone is 2. The molecule has 0 aromatic rings. The Balaban J connectivity index is 1.93. The summed E-state index contributed by atoms with van der Waals surface area (Å²) in [5, 5.41) is 9.48. The highest BCUT2D eigenvalue weighted by molar-refractivity contribution is 5.73. The Hall–Kier alpha value is -1.40. The quantitative estimate of drug-likeness (QED) is 0.129. The third kappa shape index (κ3) is 16.3. The molecule has 2 unspecified atom stereocenters. The maximum Gasteiger partial charge on any atom is 0.310 e. The molecular weight excluding hydrogens is 430 g/mol. The zero-order valence-electron chi connectivity index (χ0n) is 22.0. The Bertz CT molecular complexity index is 551. The van der Waals surface area contributed by atoms with Gasteiger partial charge in [-0.2, -0.15) is 0 Å². The first-order chi connectivity index (χ1) is 16.6. The van der Waals surface area contributed by atoms with E-state index in [1.807, 2.05) is 7.05 Å². The number of ether oxygens (including phenoxy) is 2. The third-order valence-corrected chi connectivity index (χ3v) is 6.57. The van der Waals surface area contributed by atoms with E-state index < -0.39 is 0 Å². The van der Waals surface area contributed by atoms with Gasteiger partial charge >= 0.3 is 11.9 Å². The first-order valence-electron chi connectivity index (χ1n) is 13.8. The lowest BCUT2D eigenvalue weighted by atomic mass is 10.1. The van der Waals surface area contributed by atoms with Gasteiger partial charge in [-0.3, -0.25) is 9.59 Å². The molecule has 6 heteroatoms. The second-order valence-corrected chi connectivity index (χ2v) is 9.94. The van der Waals surface area contributed by atoms with Crippen molar-refractivity contribution in [3.05, 3.63) is 12.2 Å². The van der Waals surface area contributed by atoms with Crippen LogP contribution in [0.3, 0.4) is 0 Å². The molecule has 1 aliphatic heterocycles. The fraction of sp³-hybridized carbons (Fsp3) is 0.857. The molecule has 0 spiro atoms. The van der Waals surface area contributed by atoms with Crippen LogP contribution in [0.25, 0.3) is 0 Å². The molecule has 0 amide bonds. The number of carbonyl (C=O) groups is 2. The molecule has 1 N–H and O–H groups in total. The summed E-state index contributed by atoms with van der Waals surface area (Å²) in [5.41, 5.74) is 0. The Morgan fingerprint density at radius 2 is 1.50 bits per heavy atom. The lowest BCUT2D eigenvalue weighted by molar-refractivity contribution is -0.152. The summed E-state index contributed by atoms with van der Waals surface area (Å²) >= 11 is 0. The van der Waals surface area contributed by atoms with Gasteiger partial charge in [0.05, 0.1) is 31.7 Å². The van der Waals surface area contributed by atoms with Crippen LogP contribution in [-0.2, 0) is 19.1 Å². The minimum Gasteiger partial charge on any atom is -0.465 e. The minimum absolute atomic E-state index is 0.0898. The maximum atomic E-state index is 12.1.